The summed E-state index contributed by atoms with van der Waals surface area (Å²) in [5.74, 6) is 1.20. The van der Waals surface area contributed by atoms with Crippen molar-refractivity contribution in [2.24, 2.45) is 0 Å². The van der Waals surface area contributed by atoms with E-state index in [0.29, 0.717) is 10.5 Å². The number of hydrogen-bond donors (Lipinski definition) is 1. The second kappa shape index (κ2) is 4.61. The minimum atomic E-state index is 0. The van der Waals surface area contributed by atoms with Gasteiger partial charge in [0.25, 0.3) is 0 Å². The fourth-order valence-corrected chi connectivity index (χ4v) is 1.39. The molecule has 2 heterocycles. The number of nitrogens with zero attached hydrogens (tertiary/aromatic N) is 1. The zero-order chi connectivity index (χ0) is 9.26. The molecule has 0 aliphatic rings. The first kappa shape index (κ1) is 11.3. The van der Waals surface area contributed by atoms with Crippen molar-refractivity contribution in [1.29, 1.82) is 0 Å². The normalized spacial score (nSPS) is 9.50. The largest absolute Gasteiger partial charge is 0.449 e. The Labute approximate surface area is 100 Å². The summed E-state index contributed by atoms with van der Waals surface area (Å²) in [4.78, 5) is 3.97. The van der Waals surface area contributed by atoms with E-state index >= 15 is 0 Å². The third-order valence-electron chi connectivity index (χ3n) is 1.68. The van der Waals surface area contributed by atoms with Gasteiger partial charge in [0.05, 0.1) is 5.56 Å². The Morgan fingerprint density at radius 1 is 1.29 bits per heavy atom. The van der Waals surface area contributed by atoms with Gasteiger partial charge in [-0.1, -0.05) is 0 Å². The van der Waals surface area contributed by atoms with Crippen LogP contribution in [0.2, 0.25) is 0 Å². The van der Waals surface area contributed by atoms with Gasteiger partial charge in [-0.05, 0) is 40.2 Å². The van der Waals surface area contributed by atoms with Crippen LogP contribution in [-0.4, -0.2) is 4.98 Å². The van der Waals surface area contributed by atoms with Gasteiger partial charge in [0, 0.05) is 6.20 Å². The Morgan fingerprint density at radius 2 is 2.07 bits per heavy atom. The molecular formula is C9H8Br2N2O. The molecule has 0 amide bonds. The standard InChI is InChI=1S/C9H7BrN2O.BrH/c10-8-4-3-7(13-8)6-2-1-5-12-9(6)11;/h1-5H,(H2,11,12);1H. The number of rotatable bonds is 1. The predicted molar refractivity (Wildman–Crippen MR) is 64.4 cm³/mol. The highest BCUT2D eigenvalue weighted by molar-refractivity contribution is 9.10. The van der Waals surface area contributed by atoms with E-state index in [1.165, 1.54) is 0 Å². The fourth-order valence-electron chi connectivity index (χ4n) is 1.08. The van der Waals surface area contributed by atoms with E-state index in [9.17, 15) is 0 Å². The van der Waals surface area contributed by atoms with Gasteiger partial charge in [-0.15, -0.1) is 17.0 Å². The van der Waals surface area contributed by atoms with Crippen LogP contribution < -0.4 is 5.73 Å². The van der Waals surface area contributed by atoms with E-state index in [-0.39, 0.29) is 17.0 Å². The third-order valence-corrected chi connectivity index (χ3v) is 2.10. The van der Waals surface area contributed by atoms with Crippen LogP contribution in [0.25, 0.3) is 11.3 Å². The molecule has 0 saturated heterocycles. The maximum Gasteiger partial charge on any atom is 0.169 e. The Balaban J connectivity index is 0.000000980. The molecule has 0 aliphatic heterocycles. The number of nitrogens with two attached hydrogens (primary N) is 1. The molecule has 2 aromatic rings. The summed E-state index contributed by atoms with van der Waals surface area (Å²) in [6, 6.07) is 7.36. The molecule has 3 nitrogen and oxygen atoms in total. The van der Waals surface area contributed by atoms with Crippen molar-refractivity contribution in [1.82, 2.24) is 4.98 Å². The molecule has 74 valence electrons. The number of anilines is 1. The Morgan fingerprint density at radius 3 is 2.64 bits per heavy atom. The Kier molecular flexibility index (Phi) is 3.71. The van der Waals surface area contributed by atoms with Gasteiger partial charge in [-0.25, -0.2) is 4.98 Å². The molecule has 2 aromatic heterocycles. The second-order valence-corrected chi connectivity index (χ2v) is 3.32. The third kappa shape index (κ3) is 2.16. The van der Waals surface area contributed by atoms with Crippen LogP contribution in [0.1, 0.15) is 0 Å². The first-order valence-corrected chi connectivity index (χ1v) is 4.53. The van der Waals surface area contributed by atoms with Crippen LogP contribution in [0.3, 0.4) is 0 Å². The maximum atomic E-state index is 5.68. The van der Waals surface area contributed by atoms with Crippen molar-refractivity contribution in [2.45, 2.75) is 0 Å². The van der Waals surface area contributed by atoms with Crippen LogP contribution in [0.15, 0.2) is 39.5 Å². The van der Waals surface area contributed by atoms with E-state index in [2.05, 4.69) is 20.9 Å². The number of aromatic nitrogens is 1. The fraction of sp³-hybridized carbons (Fsp3) is 0. The zero-order valence-corrected chi connectivity index (χ0v) is 10.4. The highest BCUT2D eigenvalue weighted by atomic mass is 79.9. The maximum absolute atomic E-state index is 5.68. The van der Waals surface area contributed by atoms with E-state index in [1.807, 2.05) is 24.3 Å². The van der Waals surface area contributed by atoms with Crippen LogP contribution in [-0.2, 0) is 0 Å². The molecule has 0 fully saturated rings. The van der Waals surface area contributed by atoms with E-state index in [4.69, 9.17) is 10.2 Å². The van der Waals surface area contributed by atoms with Crippen LogP contribution in [0.4, 0.5) is 5.82 Å². The van der Waals surface area contributed by atoms with Gasteiger partial charge in [0.15, 0.2) is 4.67 Å². The number of hydrogen-bond acceptors (Lipinski definition) is 3. The molecular weight excluding hydrogens is 312 g/mol. The van der Waals surface area contributed by atoms with Gasteiger partial charge in [0.2, 0.25) is 0 Å². The Hall–Kier alpha value is -0.810. The van der Waals surface area contributed by atoms with Crippen molar-refractivity contribution in [3.8, 4) is 11.3 Å². The van der Waals surface area contributed by atoms with E-state index < -0.39 is 0 Å². The van der Waals surface area contributed by atoms with Crippen LogP contribution in [0.5, 0.6) is 0 Å². The molecule has 0 atom stereocenters. The molecule has 0 bridgehead atoms. The van der Waals surface area contributed by atoms with E-state index in [0.717, 1.165) is 11.3 Å². The minimum absolute atomic E-state index is 0. The summed E-state index contributed by atoms with van der Waals surface area (Å²) in [5, 5.41) is 0. The summed E-state index contributed by atoms with van der Waals surface area (Å²) in [7, 11) is 0. The van der Waals surface area contributed by atoms with Crippen molar-refractivity contribution >= 4 is 38.7 Å². The molecule has 0 aliphatic carbocycles. The van der Waals surface area contributed by atoms with Crippen molar-refractivity contribution in [3.63, 3.8) is 0 Å². The van der Waals surface area contributed by atoms with Gasteiger partial charge in [-0.3, -0.25) is 0 Å². The molecule has 0 saturated carbocycles. The lowest BCUT2D eigenvalue weighted by atomic mass is 10.2. The highest BCUT2D eigenvalue weighted by Crippen LogP contribution is 2.27. The van der Waals surface area contributed by atoms with Crippen molar-refractivity contribution in [3.05, 3.63) is 35.1 Å². The lowest BCUT2D eigenvalue weighted by molar-refractivity contribution is 0.556. The SMILES string of the molecule is Br.Nc1ncccc1-c1ccc(Br)o1. The van der Waals surface area contributed by atoms with Gasteiger partial charge in [-0.2, -0.15) is 0 Å². The van der Waals surface area contributed by atoms with Crippen LogP contribution >= 0.6 is 32.9 Å². The number of halogens is 2. The molecule has 0 radical (unpaired) electrons. The smallest absolute Gasteiger partial charge is 0.169 e. The summed E-state index contributed by atoms with van der Waals surface area (Å²) in [6.45, 7) is 0. The minimum Gasteiger partial charge on any atom is -0.449 e. The van der Waals surface area contributed by atoms with E-state index in [1.54, 1.807) is 6.20 Å². The van der Waals surface area contributed by atoms with Gasteiger partial charge in [0.1, 0.15) is 11.6 Å². The number of pyridine rings is 1. The van der Waals surface area contributed by atoms with Crippen molar-refractivity contribution < 1.29 is 4.42 Å². The summed E-state index contributed by atoms with van der Waals surface area (Å²) < 4.78 is 6.03. The molecule has 2 N–H and O–H groups in total. The van der Waals surface area contributed by atoms with Crippen molar-refractivity contribution in [2.75, 3.05) is 5.73 Å². The molecule has 0 aromatic carbocycles. The lowest BCUT2D eigenvalue weighted by Gasteiger charge is -1.98. The average molecular weight is 320 g/mol. The quantitative estimate of drug-likeness (QED) is 0.877. The molecule has 0 spiro atoms. The summed E-state index contributed by atoms with van der Waals surface area (Å²) >= 11 is 3.23. The van der Waals surface area contributed by atoms with Gasteiger partial charge >= 0.3 is 0 Å². The summed E-state index contributed by atoms with van der Waals surface area (Å²) in [5.41, 5.74) is 6.49. The Bertz CT molecular complexity index is 428. The topological polar surface area (TPSA) is 52.0 Å². The molecule has 14 heavy (non-hydrogen) atoms. The lowest BCUT2D eigenvalue weighted by Crippen LogP contribution is -1.91. The molecule has 0 unspecified atom stereocenters. The monoisotopic (exact) mass is 318 g/mol. The van der Waals surface area contributed by atoms with Crippen LogP contribution in [0, 0.1) is 0 Å². The number of furan rings is 1. The molecule has 5 heteroatoms. The molecule has 2 rings (SSSR count). The summed E-state index contributed by atoms with van der Waals surface area (Å²) in [6.07, 6.45) is 1.65. The number of nitrogen functional groups attached to an aromatic ring is 1. The van der Waals surface area contributed by atoms with Gasteiger partial charge < -0.3 is 10.2 Å². The highest BCUT2D eigenvalue weighted by Gasteiger charge is 2.06. The zero-order valence-electron chi connectivity index (χ0n) is 7.11. The first-order chi connectivity index (χ1) is 6.27. The first-order valence-electron chi connectivity index (χ1n) is 3.73. The second-order valence-electron chi connectivity index (χ2n) is 2.54. The average Bonchev–Trinajstić information content (AvgIpc) is 2.53. The predicted octanol–water partition coefficient (Wildman–Crippen LogP) is 3.26.